The third-order valence-corrected chi connectivity index (χ3v) is 7.61. The summed E-state index contributed by atoms with van der Waals surface area (Å²) in [6.07, 6.45) is 0.846. The molecule has 44 heavy (non-hydrogen) atoms. The van der Waals surface area contributed by atoms with Gasteiger partial charge >= 0.3 is 0 Å². The van der Waals surface area contributed by atoms with Crippen LogP contribution in [0.1, 0.15) is 107 Å². The van der Waals surface area contributed by atoms with Gasteiger partial charge in [0.2, 0.25) is 0 Å². The number of nitrogens with one attached hydrogen (secondary N) is 2. The van der Waals surface area contributed by atoms with Crippen LogP contribution in [0.5, 0.6) is 11.5 Å². The maximum atomic E-state index is 10.5. The van der Waals surface area contributed by atoms with Gasteiger partial charge in [0.05, 0.1) is 0 Å². The topological polar surface area (TPSA) is 83.0 Å². The second-order valence-corrected chi connectivity index (χ2v) is 16.6. The summed E-state index contributed by atoms with van der Waals surface area (Å²) < 4.78 is 11.8. The largest absolute Gasteiger partial charge is 0.491 e. The van der Waals surface area contributed by atoms with Crippen LogP contribution in [0.3, 0.4) is 0 Å². The van der Waals surface area contributed by atoms with E-state index in [1.807, 2.05) is 24.3 Å². The molecule has 0 aliphatic carbocycles. The molecular formula is C37H63ClN2O4. The monoisotopic (exact) mass is 634 g/mol. The lowest BCUT2D eigenvalue weighted by molar-refractivity contribution is 0.0944. The molecule has 2 aromatic rings. The molecule has 2 unspecified atom stereocenters. The SMILES string of the molecule is CC(C)(C)CC(C)(C)NCC(O)COc1ccc(C(C)(C)c2ccc(OCC(O)CNC(C)(C)CC(C)(C)C)cc2)cc1.Cl. The van der Waals surface area contributed by atoms with E-state index in [-0.39, 0.29) is 52.9 Å². The van der Waals surface area contributed by atoms with Gasteiger partial charge in [-0.15, -0.1) is 12.4 Å². The highest BCUT2D eigenvalue weighted by atomic mass is 35.5. The van der Waals surface area contributed by atoms with Crippen molar-refractivity contribution in [1.29, 1.82) is 0 Å². The second kappa shape index (κ2) is 16.1. The van der Waals surface area contributed by atoms with Crippen molar-refractivity contribution in [3.63, 3.8) is 0 Å². The molecule has 0 aromatic heterocycles. The highest BCUT2D eigenvalue weighted by Gasteiger charge is 2.27. The van der Waals surface area contributed by atoms with Gasteiger partial charge in [0.1, 0.15) is 36.9 Å². The molecule has 0 saturated heterocycles. The van der Waals surface area contributed by atoms with Crippen LogP contribution in [-0.2, 0) is 5.41 Å². The number of hydrogen-bond acceptors (Lipinski definition) is 6. The Kier molecular flexibility index (Phi) is 14.7. The van der Waals surface area contributed by atoms with Gasteiger partial charge < -0.3 is 30.3 Å². The Balaban J connectivity index is 0.00000968. The Bertz CT molecular complexity index is 1010. The van der Waals surface area contributed by atoms with Crippen LogP contribution in [0.15, 0.2) is 48.5 Å². The Morgan fingerprint density at radius 2 is 0.841 bits per heavy atom. The lowest BCUT2D eigenvalue weighted by Gasteiger charge is -2.34. The molecule has 252 valence electrons. The molecule has 0 aliphatic heterocycles. The smallest absolute Gasteiger partial charge is 0.119 e. The minimum atomic E-state index is -0.589. The van der Waals surface area contributed by atoms with Gasteiger partial charge in [-0.2, -0.15) is 0 Å². The summed E-state index contributed by atoms with van der Waals surface area (Å²) in [5.74, 6) is 1.48. The molecule has 0 fully saturated rings. The van der Waals surface area contributed by atoms with Gasteiger partial charge in [-0.3, -0.25) is 0 Å². The second-order valence-electron chi connectivity index (χ2n) is 16.6. The molecular weight excluding hydrogens is 572 g/mol. The Morgan fingerprint density at radius 1 is 0.545 bits per heavy atom. The van der Waals surface area contributed by atoms with Gasteiger partial charge in [-0.05, 0) is 86.8 Å². The minimum absolute atomic E-state index is 0. The van der Waals surface area contributed by atoms with E-state index in [0.717, 1.165) is 24.3 Å². The first kappa shape index (κ1) is 40.2. The fraction of sp³-hybridized carbons (Fsp3) is 0.676. The van der Waals surface area contributed by atoms with Gasteiger partial charge in [0.25, 0.3) is 0 Å². The molecule has 2 aromatic carbocycles. The van der Waals surface area contributed by atoms with Crippen molar-refractivity contribution < 1.29 is 19.7 Å². The number of ether oxygens (including phenoxy) is 2. The average molecular weight is 635 g/mol. The van der Waals surface area contributed by atoms with Crippen LogP contribution in [0.4, 0.5) is 0 Å². The molecule has 0 bridgehead atoms. The quantitative estimate of drug-likeness (QED) is 0.153. The molecule has 2 atom stereocenters. The summed E-state index contributed by atoms with van der Waals surface area (Å²) in [5, 5.41) is 27.9. The van der Waals surface area contributed by atoms with Crippen molar-refractivity contribution in [2.45, 2.75) is 125 Å². The molecule has 0 aliphatic rings. The van der Waals surface area contributed by atoms with Gasteiger partial charge in [-0.25, -0.2) is 0 Å². The van der Waals surface area contributed by atoms with E-state index in [9.17, 15) is 10.2 Å². The molecule has 2 rings (SSSR count). The number of hydrogen-bond donors (Lipinski definition) is 4. The third kappa shape index (κ3) is 15.0. The van der Waals surface area contributed by atoms with E-state index in [4.69, 9.17) is 9.47 Å². The van der Waals surface area contributed by atoms with E-state index >= 15 is 0 Å². The first-order valence-corrected chi connectivity index (χ1v) is 15.9. The standard InChI is InChI=1S/C37H62N2O4.ClH/c1-33(2,3)25-35(7,8)38-21-29(40)23-42-31-17-13-27(14-18-31)37(11,12)28-15-19-32(20-16-28)43-24-30(41)22-39-36(9,10)26-34(4,5)6;/h13-20,29-30,38-41H,21-26H2,1-12H3;1H. The van der Waals surface area contributed by atoms with E-state index < -0.39 is 12.2 Å². The lowest BCUT2D eigenvalue weighted by atomic mass is 9.78. The van der Waals surface area contributed by atoms with Crippen molar-refractivity contribution in [2.75, 3.05) is 26.3 Å². The molecule has 0 saturated carbocycles. The number of aliphatic hydroxyl groups is 2. The van der Waals surface area contributed by atoms with Crippen molar-refractivity contribution in [3.05, 3.63) is 59.7 Å². The lowest BCUT2D eigenvalue weighted by Crippen LogP contribution is -2.46. The number of β-amino-alcohol motifs (C(OH)–C–C–N with tert-alkyl or cyclic N) is 2. The summed E-state index contributed by atoms with van der Waals surface area (Å²) in [4.78, 5) is 0. The molecule has 0 radical (unpaired) electrons. The predicted molar refractivity (Wildman–Crippen MR) is 188 cm³/mol. The van der Waals surface area contributed by atoms with Crippen molar-refractivity contribution >= 4 is 12.4 Å². The number of benzene rings is 2. The van der Waals surface area contributed by atoms with Crippen LogP contribution < -0.4 is 20.1 Å². The number of halogens is 1. The maximum Gasteiger partial charge on any atom is 0.119 e. The first-order chi connectivity index (χ1) is 19.6. The van der Waals surface area contributed by atoms with E-state index in [0.29, 0.717) is 13.1 Å². The Labute approximate surface area is 275 Å². The fourth-order valence-electron chi connectivity index (χ4n) is 6.17. The third-order valence-electron chi connectivity index (χ3n) is 7.61. The highest BCUT2D eigenvalue weighted by Crippen LogP contribution is 2.33. The molecule has 0 amide bonds. The van der Waals surface area contributed by atoms with Crippen LogP contribution >= 0.6 is 12.4 Å². The van der Waals surface area contributed by atoms with Crippen molar-refractivity contribution in [3.8, 4) is 11.5 Å². The van der Waals surface area contributed by atoms with E-state index in [1.165, 1.54) is 11.1 Å². The molecule has 0 heterocycles. The zero-order chi connectivity index (χ0) is 32.7. The summed E-state index contributed by atoms with van der Waals surface area (Å²) >= 11 is 0. The maximum absolute atomic E-state index is 10.5. The zero-order valence-corrected chi connectivity index (χ0v) is 30.5. The Morgan fingerprint density at radius 3 is 1.11 bits per heavy atom. The number of rotatable bonds is 16. The molecule has 4 N–H and O–H groups in total. The van der Waals surface area contributed by atoms with Gasteiger partial charge in [-0.1, -0.05) is 79.7 Å². The summed E-state index contributed by atoms with van der Waals surface area (Å²) in [5.41, 5.74) is 2.43. The first-order valence-electron chi connectivity index (χ1n) is 15.9. The van der Waals surface area contributed by atoms with Crippen LogP contribution in [0.25, 0.3) is 0 Å². The normalized spacial score (nSPS) is 14.5. The zero-order valence-electron chi connectivity index (χ0n) is 29.6. The summed E-state index contributed by atoms with van der Waals surface area (Å²) in [6, 6.07) is 16.2. The molecule has 7 heteroatoms. The van der Waals surface area contributed by atoms with Gasteiger partial charge in [0.15, 0.2) is 0 Å². The van der Waals surface area contributed by atoms with E-state index in [2.05, 4.69) is 118 Å². The Hall–Kier alpha value is -1.83. The average Bonchev–Trinajstić information content (AvgIpc) is 2.86. The molecule has 0 spiro atoms. The van der Waals surface area contributed by atoms with Crippen LogP contribution in [-0.4, -0.2) is 59.8 Å². The van der Waals surface area contributed by atoms with Gasteiger partial charge in [0, 0.05) is 29.6 Å². The molecule has 6 nitrogen and oxygen atoms in total. The number of aliphatic hydroxyl groups excluding tert-OH is 2. The predicted octanol–water partition coefficient (Wildman–Crippen LogP) is 7.52. The van der Waals surface area contributed by atoms with Crippen LogP contribution in [0.2, 0.25) is 0 Å². The highest BCUT2D eigenvalue weighted by molar-refractivity contribution is 5.85. The van der Waals surface area contributed by atoms with Crippen molar-refractivity contribution in [1.82, 2.24) is 10.6 Å². The summed E-state index contributed by atoms with van der Waals surface area (Å²) in [6.45, 7) is 27.9. The van der Waals surface area contributed by atoms with E-state index in [1.54, 1.807) is 0 Å². The summed E-state index contributed by atoms with van der Waals surface area (Å²) in [7, 11) is 0. The fourth-order valence-corrected chi connectivity index (χ4v) is 6.17. The van der Waals surface area contributed by atoms with Crippen molar-refractivity contribution in [2.24, 2.45) is 10.8 Å². The van der Waals surface area contributed by atoms with Crippen LogP contribution in [0, 0.1) is 10.8 Å². The minimum Gasteiger partial charge on any atom is -0.491 e.